The summed E-state index contributed by atoms with van der Waals surface area (Å²) < 4.78 is 8.41. The number of thiazole rings is 1. The molecule has 3 aromatic rings. The van der Waals surface area contributed by atoms with Crippen LogP contribution in [0.2, 0.25) is 0 Å². The van der Waals surface area contributed by atoms with Gasteiger partial charge in [0.1, 0.15) is 11.9 Å². The van der Waals surface area contributed by atoms with E-state index in [1.807, 2.05) is 38.1 Å². The quantitative estimate of drug-likeness (QED) is 0.462. The van der Waals surface area contributed by atoms with Crippen molar-refractivity contribution in [2.45, 2.75) is 64.8 Å². The number of aryl methyl sites for hydroxylation is 1. The SMILES string of the molecule is Cc1c(C#N)c(NC(=O)COC(=O)CCCc2nc3ccccc3s2)n(C2CCCC2)c1C. The zero-order valence-electron chi connectivity index (χ0n) is 19.0. The molecule has 1 N–H and O–H groups in total. The van der Waals surface area contributed by atoms with Gasteiger partial charge in [-0.05, 0) is 57.2 Å². The third kappa shape index (κ3) is 5.09. The van der Waals surface area contributed by atoms with Gasteiger partial charge in [0.2, 0.25) is 0 Å². The van der Waals surface area contributed by atoms with Gasteiger partial charge in [-0.3, -0.25) is 9.59 Å². The smallest absolute Gasteiger partial charge is 0.306 e. The van der Waals surface area contributed by atoms with E-state index in [0.29, 0.717) is 24.2 Å². The fourth-order valence-corrected chi connectivity index (χ4v) is 5.51. The number of carbonyl (C=O) groups is 2. The second kappa shape index (κ2) is 10.2. The zero-order valence-corrected chi connectivity index (χ0v) is 19.8. The van der Waals surface area contributed by atoms with Crippen molar-refractivity contribution < 1.29 is 14.3 Å². The highest BCUT2D eigenvalue weighted by molar-refractivity contribution is 7.18. The van der Waals surface area contributed by atoms with Crippen LogP contribution in [0.5, 0.6) is 0 Å². The van der Waals surface area contributed by atoms with Gasteiger partial charge in [-0.15, -0.1) is 11.3 Å². The van der Waals surface area contributed by atoms with Crippen molar-refractivity contribution in [1.82, 2.24) is 9.55 Å². The molecule has 0 bridgehead atoms. The van der Waals surface area contributed by atoms with E-state index < -0.39 is 11.9 Å². The van der Waals surface area contributed by atoms with E-state index in [1.165, 1.54) is 0 Å². The summed E-state index contributed by atoms with van der Waals surface area (Å²) in [5.41, 5.74) is 3.34. The van der Waals surface area contributed by atoms with Gasteiger partial charge >= 0.3 is 5.97 Å². The maximum absolute atomic E-state index is 12.5. The molecule has 0 spiro atoms. The molecule has 1 aliphatic carbocycles. The number of rotatable bonds is 8. The molecule has 0 atom stereocenters. The van der Waals surface area contributed by atoms with Crippen molar-refractivity contribution in [2.75, 3.05) is 11.9 Å². The zero-order chi connectivity index (χ0) is 23.4. The van der Waals surface area contributed by atoms with E-state index in [9.17, 15) is 14.9 Å². The second-order valence-electron chi connectivity index (χ2n) is 8.49. The van der Waals surface area contributed by atoms with E-state index >= 15 is 0 Å². The number of nitriles is 1. The Bertz CT molecular complexity index is 1180. The van der Waals surface area contributed by atoms with Crippen molar-refractivity contribution in [1.29, 1.82) is 5.26 Å². The third-order valence-corrected chi connectivity index (χ3v) is 7.39. The Kier molecular flexibility index (Phi) is 7.09. The van der Waals surface area contributed by atoms with Crippen molar-refractivity contribution >= 4 is 39.2 Å². The number of hydrogen-bond donors (Lipinski definition) is 1. The lowest BCUT2D eigenvalue weighted by molar-refractivity contribution is -0.147. The van der Waals surface area contributed by atoms with Crippen LogP contribution in [0.25, 0.3) is 10.2 Å². The molecule has 7 nitrogen and oxygen atoms in total. The topological polar surface area (TPSA) is 97.0 Å². The molecule has 1 amide bonds. The van der Waals surface area contributed by atoms with E-state index in [4.69, 9.17) is 4.74 Å². The first-order valence-electron chi connectivity index (χ1n) is 11.4. The minimum absolute atomic E-state index is 0.226. The Hall–Kier alpha value is -3.18. The number of ether oxygens (including phenoxy) is 1. The number of fused-ring (bicyclic) bond motifs is 1. The number of esters is 1. The Morgan fingerprint density at radius 1 is 1.27 bits per heavy atom. The number of nitrogens with zero attached hydrogens (tertiary/aromatic N) is 3. The van der Waals surface area contributed by atoms with E-state index in [0.717, 1.165) is 52.2 Å². The Labute approximate surface area is 197 Å². The molecule has 0 radical (unpaired) electrons. The summed E-state index contributed by atoms with van der Waals surface area (Å²) >= 11 is 1.63. The first kappa shape index (κ1) is 23.0. The van der Waals surface area contributed by atoms with Crippen LogP contribution in [0.4, 0.5) is 5.82 Å². The summed E-state index contributed by atoms with van der Waals surface area (Å²) in [5.74, 6) is -0.315. The maximum atomic E-state index is 12.5. The number of nitrogens with one attached hydrogen (secondary N) is 1. The summed E-state index contributed by atoms with van der Waals surface area (Å²) in [6.45, 7) is 3.52. The van der Waals surface area contributed by atoms with Crippen LogP contribution in [0.15, 0.2) is 24.3 Å². The molecule has 4 rings (SSSR count). The van der Waals surface area contributed by atoms with E-state index in [2.05, 4.69) is 20.9 Å². The molecule has 0 aliphatic heterocycles. The van der Waals surface area contributed by atoms with Crippen molar-refractivity contribution in [3.8, 4) is 6.07 Å². The van der Waals surface area contributed by atoms with Gasteiger partial charge < -0.3 is 14.6 Å². The summed E-state index contributed by atoms with van der Waals surface area (Å²) in [7, 11) is 0. The molecule has 2 heterocycles. The lowest BCUT2D eigenvalue weighted by Crippen LogP contribution is -2.23. The molecule has 172 valence electrons. The van der Waals surface area contributed by atoms with Crippen molar-refractivity contribution in [3.63, 3.8) is 0 Å². The van der Waals surface area contributed by atoms with Crippen LogP contribution in [-0.2, 0) is 20.7 Å². The van der Waals surface area contributed by atoms with Gasteiger partial charge in [0.05, 0.1) is 20.8 Å². The average Bonchev–Trinajstić information content (AvgIpc) is 3.52. The van der Waals surface area contributed by atoms with Crippen molar-refractivity contribution in [2.24, 2.45) is 0 Å². The van der Waals surface area contributed by atoms with Crippen LogP contribution in [0.1, 0.15) is 66.4 Å². The Morgan fingerprint density at radius 2 is 2.03 bits per heavy atom. The molecule has 1 fully saturated rings. The fraction of sp³-hybridized carbons (Fsp3) is 0.440. The number of aromatic nitrogens is 2. The summed E-state index contributed by atoms with van der Waals surface area (Å²) in [4.78, 5) is 29.3. The monoisotopic (exact) mass is 464 g/mol. The minimum Gasteiger partial charge on any atom is -0.456 e. The fourth-order valence-electron chi connectivity index (χ4n) is 4.50. The number of hydrogen-bond acceptors (Lipinski definition) is 6. The van der Waals surface area contributed by atoms with Gasteiger partial charge in [0.25, 0.3) is 5.91 Å². The van der Waals surface area contributed by atoms with Crippen LogP contribution in [0.3, 0.4) is 0 Å². The van der Waals surface area contributed by atoms with Crippen LogP contribution in [0, 0.1) is 25.2 Å². The van der Waals surface area contributed by atoms with E-state index in [1.54, 1.807) is 11.3 Å². The standard InChI is InChI=1S/C25H28N4O3S/c1-16-17(2)29(18-8-3-4-9-18)25(19(16)14-26)28-22(30)15-32-24(31)13-7-12-23-27-20-10-5-6-11-21(20)33-23/h5-6,10-11,18H,3-4,7-9,12-13,15H2,1-2H3,(H,28,30). The predicted molar refractivity (Wildman–Crippen MR) is 128 cm³/mol. The molecular weight excluding hydrogens is 436 g/mol. The number of benzene rings is 1. The Balaban J connectivity index is 1.29. The van der Waals surface area contributed by atoms with Crippen LogP contribution < -0.4 is 5.32 Å². The number of carbonyl (C=O) groups excluding carboxylic acids is 2. The summed E-state index contributed by atoms with van der Waals surface area (Å²) in [6, 6.07) is 10.5. The molecule has 0 saturated heterocycles. The molecule has 1 aliphatic rings. The van der Waals surface area contributed by atoms with Crippen LogP contribution in [-0.4, -0.2) is 28.0 Å². The maximum Gasteiger partial charge on any atom is 0.306 e. The second-order valence-corrected chi connectivity index (χ2v) is 9.61. The van der Waals surface area contributed by atoms with Crippen molar-refractivity contribution in [3.05, 3.63) is 46.1 Å². The number of para-hydroxylation sites is 1. The van der Waals surface area contributed by atoms with Gasteiger partial charge in [-0.25, -0.2) is 4.98 Å². The van der Waals surface area contributed by atoms with Crippen LogP contribution >= 0.6 is 11.3 Å². The third-order valence-electron chi connectivity index (χ3n) is 6.29. The highest BCUT2D eigenvalue weighted by atomic mass is 32.1. The normalized spacial score (nSPS) is 13.8. The summed E-state index contributed by atoms with van der Waals surface area (Å²) in [5, 5.41) is 13.5. The molecule has 0 unspecified atom stereocenters. The van der Waals surface area contributed by atoms with Gasteiger partial charge in [-0.2, -0.15) is 5.26 Å². The predicted octanol–water partition coefficient (Wildman–Crippen LogP) is 5.21. The highest BCUT2D eigenvalue weighted by Gasteiger charge is 2.26. The average molecular weight is 465 g/mol. The molecule has 2 aromatic heterocycles. The number of anilines is 1. The van der Waals surface area contributed by atoms with Gasteiger partial charge in [-0.1, -0.05) is 25.0 Å². The van der Waals surface area contributed by atoms with Gasteiger partial charge in [0, 0.05) is 18.2 Å². The first-order valence-corrected chi connectivity index (χ1v) is 12.2. The van der Waals surface area contributed by atoms with E-state index in [-0.39, 0.29) is 19.1 Å². The summed E-state index contributed by atoms with van der Waals surface area (Å²) in [6.07, 6.45) is 5.89. The molecule has 1 aromatic carbocycles. The minimum atomic E-state index is -0.428. The highest BCUT2D eigenvalue weighted by Crippen LogP contribution is 2.37. The molecule has 1 saturated carbocycles. The first-order chi connectivity index (χ1) is 16.0. The number of amides is 1. The Morgan fingerprint density at radius 3 is 2.76 bits per heavy atom. The molecule has 33 heavy (non-hydrogen) atoms. The largest absolute Gasteiger partial charge is 0.456 e. The lowest BCUT2D eigenvalue weighted by Gasteiger charge is -2.19. The van der Waals surface area contributed by atoms with Gasteiger partial charge in [0.15, 0.2) is 6.61 Å². The molecule has 8 heteroatoms. The molecular formula is C25H28N4O3S. The lowest BCUT2D eigenvalue weighted by atomic mass is 10.2.